The van der Waals surface area contributed by atoms with E-state index in [1.165, 1.54) is 58.9 Å². The molecule has 0 saturated carbocycles. The van der Waals surface area contributed by atoms with Crippen LogP contribution in [0.2, 0.25) is 0 Å². The van der Waals surface area contributed by atoms with Gasteiger partial charge in [0.1, 0.15) is 11.5 Å². The average Bonchev–Trinajstić information content (AvgIpc) is 2.73. The Morgan fingerprint density at radius 3 is 1.93 bits per heavy atom. The number of carbonyl (C=O) groups is 1. The molecule has 0 aliphatic heterocycles. The summed E-state index contributed by atoms with van der Waals surface area (Å²) in [5.74, 6) is 0.194. The summed E-state index contributed by atoms with van der Waals surface area (Å²) in [7, 11) is 5.53. The van der Waals surface area contributed by atoms with Crippen molar-refractivity contribution in [3.8, 4) is 28.7 Å². The molecule has 2 aromatic carbocycles. The van der Waals surface area contributed by atoms with Gasteiger partial charge in [-0.15, -0.1) is 0 Å². The van der Waals surface area contributed by atoms with E-state index in [1.54, 1.807) is 6.07 Å². The van der Waals surface area contributed by atoms with Crippen LogP contribution >= 0.6 is 0 Å². The van der Waals surface area contributed by atoms with E-state index in [0.29, 0.717) is 17.1 Å². The van der Waals surface area contributed by atoms with Crippen LogP contribution < -0.4 is 29.1 Å². The minimum Gasteiger partial charge on any atom is -0.497 e. The quantitative estimate of drug-likeness (QED) is 0.505. The normalized spacial score (nSPS) is 10.7. The summed E-state index contributed by atoms with van der Waals surface area (Å²) in [6.07, 6.45) is 1.30. The molecule has 2 aromatic rings. The number of nitrogens with one attached hydrogen (secondary N) is 1. The Morgan fingerprint density at radius 1 is 0.931 bits per heavy atom. The van der Waals surface area contributed by atoms with Crippen LogP contribution in [0.4, 0.5) is 8.78 Å². The summed E-state index contributed by atoms with van der Waals surface area (Å²) in [4.78, 5) is 12.3. The maximum absolute atomic E-state index is 12.6. The Kier molecular flexibility index (Phi) is 7.58. The Balaban J connectivity index is 2.20. The molecular formula is C19H20F2N2O6. The summed E-state index contributed by atoms with van der Waals surface area (Å²) in [5.41, 5.74) is 3.05. The van der Waals surface area contributed by atoms with Crippen LogP contribution in [0.25, 0.3) is 0 Å². The van der Waals surface area contributed by atoms with Crippen LogP contribution in [0.3, 0.4) is 0 Å². The average molecular weight is 410 g/mol. The molecule has 0 fully saturated rings. The molecule has 8 nitrogen and oxygen atoms in total. The van der Waals surface area contributed by atoms with E-state index in [-0.39, 0.29) is 22.8 Å². The monoisotopic (exact) mass is 410 g/mol. The summed E-state index contributed by atoms with van der Waals surface area (Å²) < 4.78 is 50.0. The molecule has 29 heavy (non-hydrogen) atoms. The molecule has 0 aliphatic carbocycles. The molecule has 0 aromatic heterocycles. The molecule has 10 heteroatoms. The van der Waals surface area contributed by atoms with Crippen molar-refractivity contribution in [3.05, 3.63) is 41.5 Å². The second kappa shape index (κ2) is 10.1. The van der Waals surface area contributed by atoms with Gasteiger partial charge in [-0.2, -0.15) is 13.9 Å². The van der Waals surface area contributed by atoms with Gasteiger partial charge in [0.05, 0.1) is 34.7 Å². The molecule has 156 valence electrons. The highest BCUT2D eigenvalue weighted by Crippen LogP contribution is 2.39. The van der Waals surface area contributed by atoms with E-state index in [2.05, 4.69) is 15.3 Å². The lowest BCUT2D eigenvalue weighted by Crippen LogP contribution is -2.17. The summed E-state index contributed by atoms with van der Waals surface area (Å²) in [6, 6.07) is 7.49. The zero-order valence-corrected chi connectivity index (χ0v) is 16.2. The van der Waals surface area contributed by atoms with Crippen molar-refractivity contribution < 1.29 is 37.3 Å². The van der Waals surface area contributed by atoms with Crippen LogP contribution in [0.15, 0.2) is 35.4 Å². The first-order chi connectivity index (χ1) is 13.9. The topological polar surface area (TPSA) is 87.6 Å². The number of methoxy groups -OCH3 is 4. The first kappa shape index (κ1) is 21.7. The zero-order chi connectivity index (χ0) is 21.4. The van der Waals surface area contributed by atoms with E-state index < -0.39 is 12.5 Å². The zero-order valence-electron chi connectivity index (χ0n) is 16.2. The van der Waals surface area contributed by atoms with Crippen LogP contribution in [0, 0.1) is 0 Å². The number of ether oxygens (including phenoxy) is 5. The number of amides is 1. The maximum Gasteiger partial charge on any atom is 0.387 e. The molecule has 0 atom stereocenters. The van der Waals surface area contributed by atoms with Crippen molar-refractivity contribution in [1.82, 2.24) is 5.43 Å². The minimum absolute atomic E-state index is 0.0231. The highest BCUT2D eigenvalue weighted by atomic mass is 19.3. The maximum atomic E-state index is 12.6. The van der Waals surface area contributed by atoms with Gasteiger partial charge in [-0.3, -0.25) is 4.79 Å². The molecular weight excluding hydrogens is 390 g/mol. The Morgan fingerprint density at radius 2 is 1.48 bits per heavy atom. The molecule has 0 saturated heterocycles. The van der Waals surface area contributed by atoms with Crippen molar-refractivity contribution in [2.45, 2.75) is 6.61 Å². The standard InChI is InChI=1S/C19H20F2N2O6/c1-25-13-7-12(8-14(9-13)26-2)18(24)23-22-10-11-5-15(27-3)17(29-19(20)21)16(6-11)28-4/h5-10,19H,1-4H3,(H,23,24)/b22-10-. The highest BCUT2D eigenvalue weighted by Gasteiger charge is 2.17. The van der Waals surface area contributed by atoms with Gasteiger partial charge in [-0.25, -0.2) is 5.43 Å². The van der Waals surface area contributed by atoms with Crippen LogP contribution in [0.1, 0.15) is 15.9 Å². The van der Waals surface area contributed by atoms with Crippen LogP contribution in [-0.2, 0) is 0 Å². The van der Waals surface area contributed by atoms with E-state index in [4.69, 9.17) is 18.9 Å². The first-order valence-corrected chi connectivity index (χ1v) is 8.19. The molecule has 0 aliphatic rings. The number of halogens is 2. The lowest BCUT2D eigenvalue weighted by molar-refractivity contribution is -0.0526. The molecule has 2 rings (SSSR count). The fourth-order valence-corrected chi connectivity index (χ4v) is 2.35. The molecule has 0 unspecified atom stereocenters. The van der Waals surface area contributed by atoms with E-state index in [0.717, 1.165) is 0 Å². The van der Waals surface area contributed by atoms with Crippen LogP contribution in [-0.4, -0.2) is 47.2 Å². The van der Waals surface area contributed by atoms with E-state index in [1.807, 2.05) is 0 Å². The second-order valence-corrected chi connectivity index (χ2v) is 5.43. The van der Waals surface area contributed by atoms with Crippen molar-refractivity contribution in [2.75, 3.05) is 28.4 Å². The Bertz CT molecular complexity index is 842. The third-order valence-electron chi connectivity index (χ3n) is 3.68. The number of nitrogens with zero attached hydrogens (tertiary/aromatic N) is 1. The van der Waals surface area contributed by atoms with Gasteiger partial charge in [0, 0.05) is 17.2 Å². The number of hydrogen-bond acceptors (Lipinski definition) is 7. The lowest BCUT2D eigenvalue weighted by Gasteiger charge is -2.14. The first-order valence-electron chi connectivity index (χ1n) is 8.19. The van der Waals surface area contributed by atoms with Gasteiger partial charge in [-0.05, 0) is 24.3 Å². The Hall–Kier alpha value is -3.56. The minimum atomic E-state index is -3.04. The molecule has 1 amide bonds. The number of carbonyl (C=O) groups excluding carboxylic acids is 1. The van der Waals surface area contributed by atoms with Crippen LogP contribution in [0.5, 0.6) is 28.7 Å². The Labute approximate surface area is 166 Å². The summed E-state index contributed by atoms with van der Waals surface area (Å²) >= 11 is 0. The molecule has 0 radical (unpaired) electrons. The predicted octanol–water partition coefficient (Wildman–Crippen LogP) is 3.09. The molecule has 1 N–H and O–H groups in total. The van der Waals surface area contributed by atoms with E-state index >= 15 is 0 Å². The highest BCUT2D eigenvalue weighted by molar-refractivity contribution is 5.95. The third-order valence-corrected chi connectivity index (χ3v) is 3.68. The predicted molar refractivity (Wildman–Crippen MR) is 101 cm³/mol. The van der Waals surface area contributed by atoms with Crippen molar-refractivity contribution in [2.24, 2.45) is 5.10 Å². The summed E-state index contributed by atoms with van der Waals surface area (Å²) in [5, 5.41) is 3.86. The van der Waals surface area contributed by atoms with Gasteiger partial charge in [0.15, 0.2) is 11.5 Å². The van der Waals surface area contributed by atoms with E-state index in [9.17, 15) is 13.6 Å². The smallest absolute Gasteiger partial charge is 0.387 e. The molecule has 0 spiro atoms. The number of hydrazone groups is 1. The van der Waals surface area contributed by atoms with Gasteiger partial charge in [-0.1, -0.05) is 0 Å². The second-order valence-electron chi connectivity index (χ2n) is 5.43. The summed E-state index contributed by atoms with van der Waals surface area (Å²) in [6.45, 7) is -3.04. The molecule has 0 bridgehead atoms. The van der Waals surface area contributed by atoms with Gasteiger partial charge < -0.3 is 23.7 Å². The fourth-order valence-electron chi connectivity index (χ4n) is 2.35. The number of benzene rings is 2. The largest absolute Gasteiger partial charge is 0.497 e. The molecule has 0 heterocycles. The lowest BCUT2D eigenvalue weighted by atomic mass is 10.2. The van der Waals surface area contributed by atoms with Crippen molar-refractivity contribution in [1.29, 1.82) is 0 Å². The third kappa shape index (κ3) is 5.71. The van der Waals surface area contributed by atoms with Crippen molar-refractivity contribution >= 4 is 12.1 Å². The number of alkyl halides is 2. The van der Waals surface area contributed by atoms with Gasteiger partial charge >= 0.3 is 6.61 Å². The number of hydrogen-bond donors (Lipinski definition) is 1. The van der Waals surface area contributed by atoms with Gasteiger partial charge in [0.25, 0.3) is 5.91 Å². The van der Waals surface area contributed by atoms with Crippen molar-refractivity contribution in [3.63, 3.8) is 0 Å². The fraction of sp³-hybridized carbons (Fsp3) is 0.263. The van der Waals surface area contributed by atoms with Gasteiger partial charge in [0.2, 0.25) is 5.75 Å². The number of rotatable bonds is 9. The SMILES string of the molecule is COc1cc(OC)cc(C(=O)N/N=C\c2cc(OC)c(OC(F)F)c(OC)c2)c1.